The van der Waals surface area contributed by atoms with Crippen LogP contribution in [0.25, 0.3) is 11.4 Å². The summed E-state index contributed by atoms with van der Waals surface area (Å²) in [6.07, 6.45) is 2.29. The molecular weight excluding hydrogens is 464 g/mol. The standard InChI is InChI=1S/C25H28N6O5/c1-3-34-21-20(24-35-16(2)36-24)29-22(30-23(21)31-11-13-33-14-12-31)17-6-8-18(9-7-17)27-25(32)28-19-5-4-10-26-15-19/h4-10,15-16,24H,3,11-14H2,1-2H3,(H2,27,28,32). The minimum atomic E-state index is -0.625. The predicted molar refractivity (Wildman–Crippen MR) is 133 cm³/mol. The zero-order chi connectivity index (χ0) is 24.9. The largest absolute Gasteiger partial charge is 0.488 e. The summed E-state index contributed by atoms with van der Waals surface area (Å²) in [6, 6.07) is 10.5. The zero-order valence-electron chi connectivity index (χ0n) is 20.1. The SMILES string of the molecule is CCOc1c(C2OC(C)O2)nc(-c2ccc(NC(=O)Nc3cccnc3)cc2)nc1N1CCOCC1. The smallest absolute Gasteiger partial charge is 0.323 e. The minimum absolute atomic E-state index is 0.307. The highest BCUT2D eigenvalue weighted by molar-refractivity contribution is 5.99. The number of aromatic nitrogens is 3. The number of morpholine rings is 1. The Kier molecular flexibility index (Phi) is 7.21. The Hall–Kier alpha value is -3.80. The van der Waals surface area contributed by atoms with Crippen molar-refractivity contribution in [2.75, 3.05) is 48.4 Å². The Balaban J connectivity index is 1.41. The number of nitrogens with one attached hydrogen (secondary N) is 2. The molecule has 2 aromatic heterocycles. The molecule has 0 radical (unpaired) electrons. The number of carbonyl (C=O) groups excluding carboxylic acids is 1. The summed E-state index contributed by atoms with van der Waals surface area (Å²) >= 11 is 0. The normalized spacial score (nSPS) is 19.3. The lowest BCUT2D eigenvalue weighted by atomic mass is 10.1. The summed E-state index contributed by atoms with van der Waals surface area (Å²) in [5, 5.41) is 5.55. The van der Waals surface area contributed by atoms with Crippen LogP contribution < -0.4 is 20.3 Å². The average Bonchev–Trinajstić information content (AvgIpc) is 2.89. The Labute approximate surface area is 208 Å². The van der Waals surface area contributed by atoms with Crippen LogP contribution in [0.5, 0.6) is 5.75 Å². The van der Waals surface area contributed by atoms with E-state index in [-0.39, 0.29) is 12.3 Å². The molecule has 36 heavy (non-hydrogen) atoms. The van der Waals surface area contributed by atoms with Crippen LogP contribution in [0.2, 0.25) is 0 Å². The van der Waals surface area contributed by atoms with Crippen LogP contribution in [0.1, 0.15) is 25.8 Å². The first-order valence-electron chi connectivity index (χ1n) is 11.9. The second-order valence-electron chi connectivity index (χ2n) is 8.19. The monoisotopic (exact) mass is 492 g/mol. The summed E-state index contributed by atoms with van der Waals surface area (Å²) in [6.45, 7) is 6.79. The van der Waals surface area contributed by atoms with Crippen LogP contribution in [0.15, 0.2) is 48.8 Å². The highest BCUT2D eigenvalue weighted by Crippen LogP contribution is 2.41. The molecule has 11 nitrogen and oxygen atoms in total. The van der Waals surface area contributed by atoms with Gasteiger partial charge in [0, 0.05) is 30.5 Å². The van der Waals surface area contributed by atoms with E-state index < -0.39 is 6.29 Å². The average molecular weight is 493 g/mol. The van der Waals surface area contributed by atoms with Crippen molar-refractivity contribution in [3.8, 4) is 17.1 Å². The van der Waals surface area contributed by atoms with Crippen LogP contribution in [-0.4, -0.2) is 60.2 Å². The van der Waals surface area contributed by atoms with Gasteiger partial charge in [0.2, 0.25) is 6.29 Å². The van der Waals surface area contributed by atoms with E-state index in [1.54, 1.807) is 36.7 Å². The number of anilines is 3. The third-order valence-electron chi connectivity index (χ3n) is 5.65. The van der Waals surface area contributed by atoms with Gasteiger partial charge in [0.1, 0.15) is 5.69 Å². The zero-order valence-corrected chi connectivity index (χ0v) is 20.1. The number of carbonyl (C=O) groups is 1. The van der Waals surface area contributed by atoms with Gasteiger partial charge in [-0.25, -0.2) is 14.8 Å². The molecule has 1 aromatic carbocycles. The molecule has 2 amide bonds. The summed E-state index contributed by atoms with van der Waals surface area (Å²) in [7, 11) is 0. The summed E-state index contributed by atoms with van der Waals surface area (Å²) < 4.78 is 23.0. The van der Waals surface area contributed by atoms with Crippen LogP contribution >= 0.6 is 0 Å². The molecule has 2 saturated heterocycles. The van der Waals surface area contributed by atoms with Crippen molar-refractivity contribution < 1.29 is 23.7 Å². The lowest BCUT2D eigenvalue weighted by Gasteiger charge is -2.35. The molecule has 2 N–H and O–H groups in total. The van der Waals surface area contributed by atoms with Crippen molar-refractivity contribution in [3.63, 3.8) is 0 Å². The summed E-state index contributed by atoms with van der Waals surface area (Å²) in [5.74, 6) is 1.75. The summed E-state index contributed by atoms with van der Waals surface area (Å²) in [5.41, 5.74) is 2.56. The molecule has 0 unspecified atom stereocenters. The van der Waals surface area contributed by atoms with Crippen LogP contribution in [0, 0.1) is 0 Å². The van der Waals surface area contributed by atoms with Gasteiger partial charge in [-0.3, -0.25) is 4.98 Å². The quantitative estimate of drug-likeness (QED) is 0.507. The van der Waals surface area contributed by atoms with Crippen LogP contribution in [-0.2, 0) is 14.2 Å². The summed E-state index contributed by atoms with van der Waals surface area (Å²) in [4.78, 5) is 28.1. The van der Waals surface area contributed by atoms with Crippen molar-refractivity contribution in [3.05, 3.63) is 54.5 Å². The fourth-order valence-corrected chi connectivity index (χ4v) is 3.94. The van der Waals surface area contributed by atoms with Gasteiger partial charge in [0.05, 0.1) is 31.7 Å². The molecule has 0 atom stereocenters. The number of benzene rings is 1. The molecule has 5 rings (SSSR count). The molecule has 188 valence electrons. The highest BCUT2D eigenvalue weighted by atomic mass is 16.9. The predicted octanol–water partition coefficient (Wildman–Crippen LogP) is 3.81. The minimum Gasteiger partial charge on any atom is -0.488 e. The second-order valence-corrected chi connectivity index (χ2v) is 8.19. The van der Waals surface area contributed by atoms with E-state index in [9.17, 15) is 4.79 Å². The van der Waals surface area contributed by atoms with Crippen molar-refractivity contribution in [1.82, 2.24) is 15.0 Å². The van der Waals surface area contributed by atoms with Crippen LogP contribution in [0.4, 0.5) is 22.0 Å². The Morgan fingerprint density at radius 3 is 2.50 bits per heavy atom. The molecule has 0 spiro atoms. The number of hydrogen-bond acceptors (Lipinski definition) is 9. The van der Waals surface area contributed by atoms with Gasteiger partial charge in [-0.15, -0.1) is 0 Å². The molecule has 2 aliphatic heterocycles. The van der Waals surface area contributed by atoms with Gasteiger partial charge in [-0.05, 0) is 50.2 Å². The molecule has 3 aromatic rings. The van der Waals surface area contributed by atoms with E-state index >= 15 is 0 Å². The van der Waals surface area contributed by atoms with E-state index in [2.05, 4.69) is 20.5 Å². The van der Waals surface area contributed by atoms with Crippen molar-refractivity contribution in [1.29, 1.82) is 0 Å². The number of pyridine rings is 1. The second kappa shape index (κ2) is 10.9. The molecule has 0 bridgehead atoms. The third kappa shape index (κ3) is 5.38. The highest BCUT2D eigenvalue weighted by Gasteiger charge is 2.36. The Morgan fingerprint density at radius 1 is 1.08 bits per heavy atom. The number of urea groups is 1. The van der Waals surface area contributed by atoms with Gasteiger partial charge in [0.25, 0.3) is 0 Å². The van der Waals surface area contributed by atoms with E-state index in [0.717, 1.165) is 5.56 Å². The molecule has 2 aliphatic rings. The number of hydrogen-bond donors (Lipinski definition) is 2. The fraction of sp³-hybridized carbons (Fsp3) is 0.360. The lowest BCUT2D eigenvalue weighted by Crippen LogP contribution is -2.38. The fourth-order valence-electron chi connectivity index (χ4n) is 3.94. The topological polar surface area (TPSA) is 120 Å². The Bertz CT molecular complexity index is 1180. The van der Waals surface area contributed by atoms with Gasteiger partial charge >= 0.3 is 6.03 Å². The van der Waals surface area contributed by atoms with Crippen molar-refractivity contribution in [2.24, 2.45) is 0 Å². The molecule has 0 aliphatic carbocycles. The first-order valence-corrected chi connectivity index (χ1v) is 11.9. The number of amides is 2. The number of nitrogens with zero attached hydrogens (tertiary/aromatic N) is 4. The van der Waals surface area contributed by atoms with Crippen molar-refractivity contribution >= 4 is 23.2 Å². The maximum atomic E-state index is 12.3. The molecule has 2 fully saturated rings. The number of rotatable bonds is 7. The van der Waals surface area contributed by atoms with Gasteiger partial charge in [0.15, 0.2) is 23.7 Å². The molecular formula is C25H28N6O5. The molecule has 0 saturated carbocycles. The lowest BCUT2D eigenvalue weighted by molar-refractivity contribution is -0.384. The van der Waals surface area contributed by atoms with E-state index in [0.29, 0.717) is 67.4 Å². The van der Waals surface area contributed by atoms with Gasteiger partial charge < -0.3 is 34.5 Å². The van der Waals surface area contributed by atoms with E-state index in [4.69, 9.17) is 28.9 Å². The third-order valence-corrected chi connectivity index (χ3v) is 5.65. The Morgan fingerprint density at radius 2 is 1.83 bits per heavy atom. The number of ether oxygens (including phenoxy) is 4. The van der Waals surface area contributed by atoms with E-state index in [1.165, 1.54) is 0 Å². The maximum Gasteiger partial charge on any atom is 0.323 e. The first-order chi connectivity index (χ1) is 17.6. The van der Waals surface area contributed by atoms with Gasteiger partial charge in [-0.2, -0.15) is 0 Å². The molecule has 4 heterocycles. The maximum absolute atomic E-state index is 12.3. The van der Waals surface area contributed by atoms with Crippen molar-refractivity contribution in [2.45, 2.75) is 26.4 Å². The van der Waals surface area contributed by atoms with Crippen LogP contribution in [0.3, 0.4) is 0 Å². The molecule has 11 heteroatoms. The van der Waals surface area contributed by atoms with Gasteiger partial charge in [-0.1, -0.05) is 0 Å². The van der Waals surface area contributed by atoms with E-state index in [1.807, 2.05) is 26.0 Å². The first kappa shape index (κ1) is 23.9.